The van der Waals surface area contributed by atoms with Crippen molar-refractivity contribution in [3.8, 4) is 11.4 Å². The fourth-order valence-electron chi connectivity index (χ4n) is 2.04. The highest BCUT2D eigenvalue weighted by molar-refractivity contribution is 5.94. The first kappa shape index (κ1) is 16.0. The molecule has 1 unspecified atom stereocenters. The van der Waals surface area contributed by atoms with Gasteiger partial charge in [-0.2, -0.15) is 5.10 Å². The van der Waals surface area contributed by atoms with Crippen molar-refractivity contribution >= 4 is 5.91 Å². The van der Waals surface area contributed by atoms with Gasteiger partial charge in [-0.15, -0.1) is 0 Å². The number of hydrogen-bond acceptors (Lipinski definition) is 4. The SMILES string of the molecule is Cc1cc(F)ccc1-n1cc(O)c(C(=O)N(C)C(C)CN)n1. The van der Waals surface area contributed by atoms with Gasteiger partial charge >= 0.3 is 0 Å². The molecule has 3 N–H and O–H groups in total. The summed E-state index contributed by atoms with van der Waals surface area (Å²) in [6.07, 6.45) is 1.33. The Morgan fingerprint density at radius 3 is 2.82 bits per heavy atom. The fourth-order valence-corrected chi connectivity index (χ4v) is 2.04. The van der Waals surface area contributed by atoms with Gasteiger partial charge in [-0.3, -0.25) is 4.79 Å². The third-order valence-electron chi connectivity index (χ3n) is 3.63. The minimum atomic E-state index is -0.422. The summed E-state index contributed by atoms with van der Waals surface area (Å²) in [5, 5.41) is 14.1. The number of aryl methyl sites for hydroxylation is 1. The van der Waals surface area contributed by atoms with Gasteiger partial charge in [0.25, 0.3) is 5.91 Å². The molecule has 0 bridgehead atoms. The van der Waals surface area contributed by atoms with Crippen LogP contribution in [0.15, 0.2) is 24.4 Å². The molecule has 0 radical (unpaired) electrons. The Kier molecular flexibility index (Phi) is 4.46. The summed E-state index contributed by atoms with van der Waals surface area (Å²) in [4.78, 5) is 13.7. The van der Waals surface area contributed by atoms with E-state index in [2.05, 4.69) is 5.10 Å². The van der Waals surface area contributed by atoms with Gasteiger partial charge in [0.2, 0.25) is 0 Å². The van der Waals surface area contributed by atoms with E-state index >= 15 is 0 Å². The van der Waals surface area contributed by atoms with Crippen LogP contribution in [0.25, 0.3) is 5.69 Å². The van der Waals surface area contributed by atoms with Crippen molar-refractivity contribution in [2.75, 3.05) is 13.6 Å². The van der Waals surface area contributed by atoms with E-state index in [0.717, 1.165) is 0 Å². The lowest BCUT2D eigenvalue weighted by Crippen LogP contribution is -2.39. The van der Waals surface area contributed by atoms with Crippen molar-refractivity contribution in [3.05, 3.63) is 41.5 Å². The van der Waals surface area contributed by atoms with Crippen LogP contribution in [0.5, 0.6) is 5.75 Å². The largest absolute Gasteiger partial charge is 0.504 e. The van der Waals surface area contributed by atoms with Gasteiger partial charge in [-0.1, -0.05) is 0 Å². The van der Waals surface area contributed by atoms with E-state index in [1.807, 2.05) is 0 Å². The maximum atomic E-state index is 13.2. The van der Waals surface area contributed by atoms with Gasteiger partial charge in [-0.05, 0) is 37.6 Å². The monoisotopic (exact) mass is 306 g/mol. The van der Waals surface area contributed by atoms with Crippen LogP contribution in [-0.2, 0) is 0 Å². The number of aromatic hydroxyl groups is 1. The standard InChI is InChI=1S/C15H19FN4O2/c1-9-6-11(16)4-5-12(9)20-8-13(21)14(18-20)15(22)19(3)10(2)7-17/h4-6,8,10,21H,7,17H2,1-3H3. The number of likely N-dealkylation sites (N-methyl/N-ethyl adjacent to an activating group) is 1. The number of benzene rings is 1. The van der Waals surface area contributed by atoms with Gasteiger partial charge in [-0.25, -0.2) is 9.07 Å². The maximum Gasteiger partial charge on any atom is 0.278 e. The minimum absolute atomic E-state index is 0.0634. The van der Waals surface area contributed by atoms with E-state index in [1.165, 1.54) is 34.0 Å². The predicted molar refractivity (Wildman–Crippen MR) is 80.5 cm³/mol. The molecule has 0 aliphatic heterocycles. The van der Waals surface area contributed by atoms with Crippen LogP contribution in [0.2, 0.25) is 0 Å². The van der Waals surface area contributed by atoms with Crippen molar-refractivity contribution in [1.29, 1.82) is 0 Å². The van der Waals surface area contributed by atoms with Crippen molar-refractivity contribution in [3.63, 3.8) is 0 Å². The van der Waals surface area contributed by atoms with E-state index in [-0.39, 0.29) is 23.3 Å². The Bertz CT molecular complexity index is 699. The summed E-state index contributed by atoms with van der Waals surface area (Å²) in [5.41, 5.74) is 6.71. The average Bonchev–Trinajstić information content (AvgIpc) is 2.86. The molecule has 1 amide bonds. The smallest absolute Gasteiger partial charge is 0.278 e. The molecule has 1 heterocycles. The van der Waals surface area contributed by atoms with E-state index in [4.69, 9.17) is 5.73 Å². The van der Waals surface area contributed by atoms with Gasteiger partial charge < -0.3 is 15.7 Å². The summed E-state index contributed by atoms with van der Waals surface area (Å²) < 4.78 is 14.5. The minimum Gasteiger partial charge on any atom is -0.504 e. The van der Waals surface area contributed by atoms with E-state index < -0.39 is 5.91 Å². The van der Waals surface area contributed by atoms with Crippen molar-refractivity contribution in [2.45, 2.75) is 19.9 Å². The summed E-state index contributed by atoms with van der Waals surface area (Å²) in [7, 11) is 1.60. The molecule has 0 fully saturated rings. The molecule has 1 aromatic carbocycles. The van der Waals surface area contributed by atoms with Crippen LogP contribution >= 0.6 is 0 Å². The van der Waals surface area contributed by atoms with Gasteiger partial charge in [0.1, 0.15) is 5.82 Å². The van der Waals surface area contributed by atoms with Gasteiger partial charge in [0.15, 0.2) is 11.4 Å². The summed E-state index contributed by atoms with van der Waals surface area (Å²) >= 11 is 0. The molecule has 1 aromatic heterocycles. The highest BCUT2D eigenvalue weighted by Gasteiger charge is 2.23. The summed E-state index contributed by atoms with van der Waals surface area (Å²) in [6, 6.07) is 4.02. The Hall–Kier alpha value is -2.41. The van der Waals surface area contributed by atoms with Crippen molar-refractivity contribution in [1.82, 2.24) is 14.7 Å². The lowest BCUT2D eigenvalue weighted by molar-refractivity contribution is 0.0739. The Morgan fingerprint density at radius 1 is 1.55 bits per heavy atom. The predicted octanol–water partition coefficient (Wildman–Crippen LogP) is 1.44. The summed E-state index contributed by atoms with van der Waals surface area (Å²) in [6.45, 7) is 3.83. The molecular formula is C15H19FN4O2. The number of rotatable bonds is 4. The first-order valence-corrected chi connectivity index (χ1v) is 6.87. The second-order valence-corrected chi connectivity index (χ2v) is 5.24. The van der Waals surface area contributed by atoms with Crippen LogP contribution in [0.3, 0.4) is 0 Å². The van der Waals surface area contributed by atoms with Crippen LogP contribution in [0.4, 0.5) is 4.39 Å². The third kappa shape index (κ3) is 2.94. The zero-order valence-corrected chi connectivity index (χ0v) is 12.7. The Labute approximate surface area is 128 Å². The average molecular weight is 306 g/mol. The number of hydrogen-bond donors (Lipinski definition) is 2. The fraction of sp³-hybridized carbons (Fsp3) is 0.333. The number of halogens is 1. The number of aromatic nitrogens is 2. The number of carbonyl (C=O) groups excluding carboxylic acids is 1. The van der Waals surface area contributed by atoms with Crippen LogP contribution < -0.4 is 5.73 Å². The highest BCUT2D eigenvalue weighted by Crippen LogP contribution is 2.22. The first-order chi connectivity index (χ1) is 10.3. The third-order valence-corrected chi connectivity index (χ3v) is 3.63. The molecule has 0 aliphatic carbocycles. The molecule has 6 nitrogen and oxygen atoms in total. The normalized spacial score (nSPS) is 12.2. The Balaban J connectivity index is 2.38. The molecule has 2 aromatic rings. The van der Waals surface area contributed by atoms with Gasteiger partial charge in [0, 0.05) is 19.6 Å². The highest BCUT2D eigenvalue weighted by atomic mass is 19.1. The molecule has 118 valence electrons. The first-order valence-electron chi connectivity index (χ1n) is 6.87. The lowest BCUT2D eigenvalue weighted by Gasteiger charge is -2.22. The lowest BCUT2D eigenvalue weighted by atomic mass is 10.2. The number of amides is 1. The van der Waals surface area contributed by atoms with E-state index in [0.29, 0.717) is 17.8 Å². The molecule has 0 aliphatic rings. The second-order valence-electron chi connectivity index (χ2n) is 5.24. The molecule has 7 heteroatoms. The van der Waals surface area contributed by atoms with E-state index in [1.54, 1.807) is 20.9 Å². The number of carbonyl (C=O) groups is 1. The molecule has 2 rings (SSSR count). The van der Waals surface area contributed by atoms with E-state index in [9.17, 15) is 14.3 Å². The summed E-state index contributed by atoms with van der Waals surface area (Å²) in [5.74, 6) is -1.01. The molecular weight excluding hydrogens is 287 g/mol. The Morgan fingerprint density at radius 2 is 2.23 bits per heavy atom. The number of nitrogens with zero attached hydrogens (tertiary/aromatic N) is 3. The van der Waals surface area contributed by atoms with Gasteiger partial charge in [0.05, 0.1) is 11.9 Å². The molecule has 22 heavy (non-hydrogen) atoms. The van der Waals surface area contributed by atoms with Crippen LogP contribution in [0.1, 0.15) is 23.0 Å². The molecule has 0 spiro atoms. The second kappa shape index (κ2) is 6.15. The zero-order valence-electron chi connectivity index (χ0n) is 12.7. The van der Waals surface area contributed by atoms with Crippen molar-refractivity contribution in [2.24, 2.45) is 5.73 Å². The molecule has 0 saturated heterocycles. The zero-order chi connectivity index (χ0) is 16.4. The molecule has 1 atom stereocenters. The quantitative estimate of drug-likeness (QED) is 0.895. The molecule has 0 saturated carbocycles. The maximum absolute atomic E-state index is 13.2. The topological polar surface area (TPSA) is 84.4 Å². The van der Waals surface area contributed by atoms with Crippen molar-refractivity contribution < 1.29 is 14.3 Å². The van der Waals surface area contributed by atoms with Crippen LogP contribution in [0, 0.1) is 12.7 Å². The van der Waals surface area contributed by atoms with Crippen LogP contribution in [-0.4, -0.2) is 45.3 Å². The number of nitrogens with two attached hydrogens (primary N) is 1.